The molecule has 0 bridgehead atoms. The molecule has 0 saturated carbocycles. The molecule has 3 aromatic rings. The summed E-state index contributed by atoms with van der Waals surface area (Å²) in [4.78, 5) is 27.2. The molecule has 1 N–H and O–H groups in total. The molecule has 190 valence electrons. The first-order chi connectivity index (χ1) is 17.0. The number of aromatic nitrogens is 4. The fourth-order valence-corrected chi connectivity index (χ4v) is 4.08. The van der Waals surface area contributed by atoms with Gasteiger partial charge in [-0.05, 0) is 64.8 Å². The van der Waals surface area contributed by atoms with E-state index in [0.717, 1.165) is 16.5 Å². The van der Waals surface area contributed by atoms with E-state index in [0.29, 0.717) is 42.4 Å². The van der Waals surface area contributed by atoms with Crippen molar-refractivity contribution in [2.45, 2.75) is 52.7 Å². The Kier molecular flexibility index (Phi) is 6.96. The maximum Gasteiger partial charge on any atom is 0.410 e. The fourth-order valence-electron chi connectivity index (χ4n) is 4.08. The van der Waals surface area contributed by atoms with Crippen molar-refractivity contribution in [3.05, 3.63) is 47.8 Å². The monoisotopic (exact) mass is 492 g/mol. The molecule has 10 nitrogen and oxygen atoms in total. The standard InChI is InChI=1S/C26H32N6O4/c1-7-35-22-14-21-18(15-31(6)30-21)13-19(22)24(33)27-23-9-8-20(28-29-23)17-10-11-32(16(2)12-17)25(34)36-26(3,4)5/h8-9,12-16H,7,10-11H2,1-6H3,(H,27,29,33)/t16-/m1/s1. The van der Waals surface area contributed by atoms with E-state index >= 15 is 0 Å². The Bertz CT molecular complexity index is 1310. The molecule has 0 fully saturated rings. The molecule has 1 aromatic carbocycles. The van der Waals surface area contributed by atoms with Gasteiger partial charge in [0.25, 0.3) is 5.91 Å². The van der Waals surface area contributed by atoms with Crippen LogP contribution in [0.2, 0.25) is 0 Å². The molecule has 0 aliphatic carbocycles. The first-order valence-corrected chi connectivity index (χ1v) is 12.0. The molecule has 2 aromatic heterocycles. The lowest BCUT2D eigenvalue weighted by atomic mass is 10.0. The van der Waals surface area contributed by atoms with Crippen LogP contribution in [0.15, 0.2) is 36.5 Å². The molecule has 2 amide bonds. The fraction of sp³-hybridized carbons (Fsp3) is 0.423. The van der Waals surface area contributed by atoms with Crippen LogP contribution in [0.1, 0.15) is 57.1 Å². The van der Waals surface area contributed by atoms with Crippen LogP contribution in [0.5, 0.6) is 5.75 Å². The molecule has 1 atom stereocenters. The third-order valence-corrected chi connectivity index (χ3v) is 5.68. The zero-order chi connectivity index (χ0) is 26.0. The Hall–Kier alpha value is -3.95. The third-order valence-electron chi connectivity index (χ3n) is 5.68. The molecular formula is C26H32N6O4. The Morgan fingerprint density at radius 3 is 2.61 bits per heavy atom. The van der Waals surface area contributed by atoms with Crippen LogP contribution in [0, 0.1) is 0 Å². The van der Waals surface area contributed by atoms with Gasteiger partial charge in [0.1, 0.15) is 11.4 Å². The van der Waals surface area contributed by atoms with Crippen LogP contribution >= 0.6 is 0 Å². The number of hydrogen-bond acceptors (Lipinski definition) is 7. The van der Waals surface area contributed by atoms with E-state index in [9.17, 15) is 9.59 Å². The van der Waals surface area contributed by atoms with Crippen LogP contribution < -0.4 is 10.1 Å². The van der Waals surface area contributed by atoms with Crippen LogP contribution in [0.3, 0.4) is 0 Å². The number of nitrogens with one attached hydrogen (secondary N) is 1. The van der Waals surface area contributed by atoms with Gasteiger partial charge in [-0.15, -0.1) is 10.2 Å². The second kappa shape index (κ2) is 9.96. The number of carbonyl (C=O) groups excluding carboxylic acids is 2. The number of fused-ring (bicyclic) bond motifs is 1. The topological polar surface area (TPSA) is 111 Å². The predicted octanol–water partition coefficient (Wildman–Crippen LogP) is 4.43. The summed E-state index contributed by atoms with van der Waals surface area (Å²) in [7, 11) is 1.83. The van der Waals surface area contributed by atoms with Gasteiger partial charge in [-0.1, -0.05) is 6.08 Å². The van der Waals surface area contributed by atoms with Gasteiger partial charge in [0, 0.05) is 31.2 Å². The molecule has 1 aliphatic rings. The summed E-state index contributed by atoms with van der Waals surface area (Å²) < 4.78 is 12.9. The summed E-state index contributed by atoms with van der Waals surface area (Å²) in [5.74, 6) is 0.448. The average molecular weight is 493 g/mol. The summed E-state index contributed by atoms with van der Waals surface area (Å²) >= 11 is 0. The number of rotatable bonds is 5. The summed E-state index contributed by atoms with van der Waals surface area (Å²) in [5, 5.41) is 16.5. The minimum Gasteiger partial charge on any atom is -0.493 e. The van der Waals surface area contributed by atoms with Crippen LogP contribution in [-0.4, -0.2) is 61.7 Å². The molecular weight excluding hydrogens is 460 g/mol. The molecule has 4 rings (SSSR count). The molecule has 36 heavy (non-hydrogen) atoms. The quantitative estimate of drug-likeness (QED) is 0.561. The van der Waals surface area contributed by atoms with Crippen molar-refractivity contribution in [1.29, 1.82) is 0 Å². The molecule has 0 saturated heterocycles. The molecule has 3 heterocycles. The number of benzene rings is 1. The normalized spacial score (nSPS) is 16.0. The van der Waals surface area contributed by atoms with Crippen LogP contribution in [-0.2, 0) is 11.8 Å². The van der Waals surface area contributed by atoms with Crippen molar-refractivity contribution in [2.24, 2.45) is 7.05 Å². The van der Waals surface area contributed by atoms with Gasteiger partial charge in [-0.2, -0.15) is 5.10 Å². The minimum atomic E-state index is -0.542. The van der Waals surface area contributed by atoms with Gasteiger partial charge in [-0.3, -0.25) is 9.48 Å². The van der Waals surface area contributed by atoms with Gasteiger partial charge in [0.05, 0.1) is 29.4 Å². The summed E-state index contributed by atoms with van der Waals surface area (Å²) in [6.45, 7) is 10.3. The number of carbonyl (C=O) groups is 2. The summed E-state index contributed by atoms with van der Waals surface area (Å²) in [6, 6.07) is 6.92. The maximum atomic E-state index is 13.0. The van der Waals surface area contributed by atoms with E-state index in [-0.39, 0.29) is 18.0 Å². The Balaban J connectivity index is 1.47. The van der Waals surface area contributed by atoms with E-state index in [1.54, 1.807) is 27.8 Å². The molecule has 0 unspecified atom stereocenters. The second-order valence-electron chi connectivity index (χ2n) is 9.76. The van der Waals surface area contributed by atoms with E-state index in [4.69, 9.17) is 9.47 Å². The van der Waals surface area contributed by atoms with Crippen LogP contribution in [0.4, 0.5) is 10.6 Å². The number of aryl methyl sites for hydroxylation is 1. The Labute approximate surface area is 210 Å². The Morgan fingerprint density at radius 1 is 1.19 bits per heavy atom. The van der Waals surface area contributed by atoms with Crippen LogP contribution in [0.25, 0.3) is 16.5 Å². The SMILES string of the molecule is CCOc1cc2nn(C)cc2cc1C(=O)Nc1ccc(C2=C[C@@H](C)N(C(=O)OC(C)(C)C)CC2)nn1. The van der Waals surface area contributed by atoms with E-state index in [2.05, 4.69) is 20.6 Å². The summed E-state index contributed by atoms with van der Waals surface area (Å²) in [5.41, 5.74) is 2.31. The van der Waals surface area contributed by atoms with Crippen molar-refractivity contribution >= 4 is 34.3 Å². The third kappa shape index (κ3) is 5.64. The average Bonchev–Trinajstić information content (AvgIpc) is 3.16. The smallest absolute Gasteiger partial charge is 0.410 e. The lowest BCUT2D eigenvalue weighted by Gasteiger charge is -2.33. The highest BCUT2D eigenvalue weighted by Crippen LogP contribution is 2.28. The van der Waals surface area contributed by atoms with Gasteiger partial charge in [0.15, 0.2) is 5.82 Å². The number of anilines is 1. The zero-order valence-electron chi connectivity index (χ0n) is 21.5. The molecule has 0 radical (unpaired) electrons. The van der Waals surface area contributed by atoms with Crippen molar-refractivity contribution in [3.8, 4) is 5.75 Å². The van der Waals surface area contributed by atoms with Gasteiger partial charge >= 0.3 is 6.09 Å². The largest absolute Gasteiger partial charge is 0.493 e. The highest BCUT2D eigenvalue weighted by molar-refractivity contribution is 6.08. The van der Waals surface area contributed by atoms with Gasteiger partial charge < -0.3 is 19.7 Å². The Morgan fingerprint density at radius 2 is 1.97 bits per heavy atom. The van der Waals surface area contributed by atoms with Crippen molar-refractivity contribution < 1.29 is 19.1 Å². The lowest BCUT2D eigenvalue weighted by Crippen LogP contribution is -2.43. The van der Waals surface area contributed by atoms with E-state index in [1.807, 2.05) is 60.0 Å². The number of nitrogens with zero attached hydrogens (tertiary/aromatic N) is 5. The molecule has 0 spiro atoms. The van der Waals surface area contributed by atoms with E-state index in [1.165, 1.54) is 0 Å². The maximum absolute atomic E-state index is 13.0. The minimum absolute atomic E-state index is 0.135. The number of ether oxygens (including phenoxy) is 2. The first kappa shape index (κ1) is 25.2. The van der Waals surface area contributed by atoms with Crippen molar-refractivity contribution in [2.75, 3.05) is 18.5 Å². The highest BCUT2D eigenvalue weighted by Gasteiger charge is 2.28. The number of hydrogen-bond donors (Lipinski definition) is 1. The number of amides is 2. The molecule has 1 aliphatic heterocycles. The summed E-state index contributed by atoms with van der Waals surface area (Å²) in [6.07, 6.45) is 4.14. The van der Waals surface area contributed by atoms with Gasteiger partial charge in [-0.25, -0.2) is 4.79 Å². The zero-order valence-corrected chi connectivity index (χ0v) is 21.5. The highest BCUT2D eigenvalue weighted by atomic mass is 16.6. The first-order valence-electron chi connectivity index (χ1n) is 12.0. The second-order valence-corrected chi connectivity index (χ2v) is 9.76. The molecule has 10 heteroatoms. The lowest BCUT2D eigenvalue weighted by molar-refractivity contribution is 0.0209. The van der Waals surface area contributed by atoms with Crippen molar-refractivity contribution in [3.63, 3.8) is 0 Å². The van der Waals surface area contributed by atoms with Gasteiger partial charge in [0.2, 0.25) is 0 Å². The van der Waals surface area contributed by atoms with Crippen molar-refractivity contribution in [1.82, 2.24) is 24.9 Å². The van der Waals surface area contributed by atoms with E-state index < -0.39 is 5.60 Å². The predicted molar refractivity (Wildman–Crippen MR) is 137 cm³/mol.